The molecule has 4 heteroatoms. The minimum absolute atomic E-state index is 0.0313. The number of anilines is 1. The van der Waals surface area contributed by atoms with Crippen molar-refractivity contribution < 1.29 is 4.79 Å². The number of para-hydroxylation sites is 1. The van der Waals surface area contributed by atoms with E-state index in [1.165, 1.54) is 6.42 Å². The van der Waals surface area contributed by atoms with Crippen LogP contribution < -0.4 is 5.32 Å². The number of nitrogens with zero attached hydrogens (tertiary/aromatic N) is 1. The minimum Gasteiger partial charge on any atom is -0.325 e. The Morgan fingerprint density at radius 3 is 2.56 bits per heavy atom. The van der Waals surface area contributed by atoms with Gasteiger partial charge in [-0.05, 0) is 54.0 Å². The van der Waals surface area contributed by atoms with Gasteiger partial charge >= 0.3 is 6.03 Å². The average Bonchev–Trinajstić information content (AvgIpc) is 2.33. The van der Waals surface area contributed by atoms with E-state index in [1.807, 2.05) is 29.2 Å². The Hall–Kier alpha value is -0.780. The fraction of sp³-hybridized carbons (Fsp3) is 0.417. The number of hydrogen-bond acceptors (Lipinski definition) is 1. The molecule has 1 aromatic rings. The van der Waals surface area contributed by atoms with Crippen LogP contribution in [0.4, 0.5) is 10.5 Å². The summed E-state index contributed by atoms with van der Waals surface area (Å²) in [6.07, 6.45) is 3.49. The first-order valence-electron chi connectivity index (χ1n) is 5.58. The molecular weight excluding hydrogens is 315 g/mol. The van der Waals surface area contributed by atoms with Crippen molar-refractivity contribution in [2.24, 2.45) is 0 Å². The van der Waals surface area contributed by atoms with Crippen LogP contribution in [-0.2, 0) is 0 Å². The zero-order valence-electron chi connectivity index (χ0n) is 9.08. The molecule has 1 aromatic carbocycles. The molecule has 0 bridgehead atoms. The third kappa shape index (κ3) is 2.87. The zero-order valence-corrected chi connectivity index (χ0v) is 11.2. The Labute approximate surface area is 109 Å². The van der Waals surface area contributed by atoms with Crippen molar-refractivity contribution in [1.82, 2.24) is 4.90 Å². The number of benzene rings is 1. The van der Waals surface area contributed by atoms with E-state index in [0.29, 0.717) is 0 Å². The Kier molecular flexibility index (Phi) is 4.04. The highest BCUT2D eigenvalue weighted by molar-refractivity contribution is 14.1. The van der Waals surface area contributed by atoms with Gasteiger partial charge in [0.1, 0.15) is 0 Å². The molecule has 86 valence electrons. The van der Waals surface area contributed by atoms with E-state index >= 15 is 0 Å². The smallest absolute Gasteiger partial charge is 0.321 e. The predicted octanol–water partition coefficient (Wildman–Crippen LogP) is 3.31. The molecule has 1 aliphatic heterocycles. The van der Waals surface area contributed by atoms with Gasteiger partial charge in [0.2, 0.25) is 0 Å². The summed E-state index contributed by atoms with van der Waals surface area (Å²) < 4.78 is 1.07. The van der Waals surface area contributed by atoms with Crippen molar-refractivity contribution in [2.45, 2.75) is 19.3 Å². The number of piperidine rings is 1. The molecule has 16 heavy (non-hydrogen) atoms. The molecule has 2 amide bonds. The van der Waals surface area contributed by atoms with Gasteiger partial charge in [-0.2, -0.15) is 0 Å². The van der Waals surface area contributed by atoms with Gasteiger partial charge in [0, 0.05) is 16.7 Å². The average molecular weight is 330 g/mol. The van der Waals surface area contributed by atoms with E-state index in [2.05, 4.69) is 27.9 Å². The summed E-state index contributed by atoms with van der Waals surface area (Å²) in [6, 6.07) is 7.87. The first kappa shape index (κ1) is 11.7. The van der Waals surface area contributed by atoms with Crippen LogP contribution in [0.3, 0.4) is 0 Å². The number of rotatable bonds is 1. The summed E-state index contributed by atoms with van der Waals surface area (Å²) in [5, 5.41) is 2.96. The summed E-state index contributed by atoms with van der Waals surface area (Å²) in [7, 11) is 0. The van der Waals surface area contributed by atoms with E-state index in [9.17, 15) is 4.79 Å². The SMILES string of the molecule is O=C(Nc1ccccc1I)N1CCCCC1. The lowest BCUT2D eigenvalue weighted by Gasteiger charge is -2.26. The van der Waals surface area contributed by atoms with Crippen molar-refractivity contribution >= 4 is 34.3 Å². The monoisotopic (exact) mass is 330 g/mol. The molecule has 1 saturated heterocycles. The second-order valence-corrected chi connectivity index (χ2v) is 5.12. The number of halogens is 1. The number of carbonyl (C=O) groups excluding carboxylic acids is 1. The molecule has 1 N–H and O–H groups in total. The van der Waals surface area contributed by atoms with Gasteiger partial charge in [0.05, 0.1) is 5.69 Å². The Morgan fingerprint density at radius 2 is 1.88 bits per heavy atom. The summed E-state index contributed by atoms with van der Waals surface area (Å²) >= 11 is 2.23. The molecule has 1 fully saturated rings. The van der Waals surface area contributed by atoms with Crippen LogP contribution in [0.2, 0.25) is 0 Å². The van der Waals surface area contributed by atoms with Crippen LogP contribution in [0.1, 0.15) is 19.3 Å². The molecule has 0 radical (unpaired) electrons. The molecule has 0 saturated carbocycles. The van der Waals surface area contributed by atoms with Gasteiger partial charge in [0.25, 0.3) is 0 Å². The van der Waals surface area contributed by atoms with Gasteiger partial charge in [-0.3, -0.25) is 0 Å². The van der Waals surface area contributed by atoms with Crippen LogP contribution in [0.15, 0.2) is 24.3 Å². The quantitative estimate of drug-likeness (QED) is 0.788. The Morgan fingerprint density at radius 1 is 1.19 bits per heavy atom. The lowest BCUT2D eigenvalue weighted by Crippen LogP contribution is -2.38. The van der Waals surface area contributed by atoms with Gasteiger partial charge < -0.3 is 10.2 Å². The zero-order chi connectivity index (χ0) is 11.4. The normalized spacial score (nSPS) is 15.9. The number of hydrogen-bond donors (Lipinski definition) is 1. The van der Waals surface area contributed by atoms with Crippen LogP contribution in [0.5, 0.6) is 0 Å². The van der Waals surface area contributed by atoms with Crippen LogP contribution in [0.25, 0.3) is 0 Å². The second-order valence-electron chi connectivity index (χ2n) is 3.96. The lowest BCUT2D eigenvalue weighted by molar-refractivity contribution is 0.200. The van der Waals surface area contributed by atoms with E-state index in [4.69, 9.17) is 0 Å². The Balaban J connectivity index is 1.99. The fourth-order valence-electron chi connectivity index (χ4n) is 1.85. The predicted molar refractivity (Wildman–Crippen MR) is 73.6 cm³/mol. The summed E-state index contributed by atoms with van der Waals surface area (Å²) in [5.74, 6) is 0. The summed E-state index contributed by atoms with van der Waals surface area (Å²) in [4.78, 5) is 13.8. The van der Waals surface area contributed by atoms with E-state index < -0.39 is 0 Å². The van der Waals surface area contributed by atoms with Gasteiger partial charge in [-0.15, -0.1) is 0 Å². The molecule has 1 aliphatic rings. The minimum atomic E-state index is 0.0313. The standard InChI is InChI=1S/C12H15IN2O/c13-10-6-2-3-7-11(10)14-12(16)15-8-4-1-5-9-15/h2-3,6-7H,1,4-5,8-9H2,(H,14,16). The maximum atomic E-state index is 11.9. The van der Waals surface area contributed by atoms with E-state index in [1.54, 1.807) is 0 Å². The second kappa shape index (κ2) is 5.52. The molecule has 3 nitrogen and oxygen atoms in total. The Bertz CT molecular complexity index is 375. The highest BCUT2D eigenvalue weighted by Gasteiger charge is 2.16. The van der Waals surface area contributed by atoms with Crippen molar-refractivity contribution in [1.29, 1.82) is 0 Å². The van der Waals surface area contributed by atoms with Crippen molar-refractivity contribution in [3.8, 4) is 0 Å². The third-order valence-electron chi connectivity index (χ3n) is 2.76. The molecule has 0 unspecified atom stereocenters. The molecule has 2 rings (SSSR count). The topological polar surface area (TPSA) is 32.3 Å². The van der Waals surface area contributed by atoms with Crippen molar-refractivity contribution in [3.05, 3.63) is 27.8 Å². The van der Waals surface area contributed by atoms with Gasteiger partial charge in [0.15, 0.2) is 0 Å². The first-order chi connectivity index (χ1) is 7.77. The van der Waals surface area contributed by atoms with Crippen LogP contribution in [-0.4, -0.2) is 24.0 Å². The molecule has 0 atom stereocenters. The molecule has 0 spiro atoms. The molecule has 1 heterocycles. The van der Waals surface area contributed by atoms with Gasteiger partial charge in [-0.25, -0.2) is 4.79 Å². The number of nitrogens with one attached hydrogen (secondary N) is 1. The van der Waals surface area contributed by atoms with E-state index in [-0.39, 0.29) is 6.03 Å². The van der Waals surface area contributed by atoms with Crippen LogP contribution >= 0.6 is 22.6 Å². The van der Waals surface area contributed by atoms with E-state index in [0.717, 1.165) is 35.2 Å². The molecule has 0 aliphatic carbocycles. The summed E-state index contributed by atoms with van der Waals surface area (Å²) in [5.41, 5.74) is 0.902. The molecular formula is C12H15IN2O. The highest BCUT2D eigenvalue weighted by Crippen LogP contribution is 2.18. The number of amides is 2. The number of carbonyl (C=O) groups is 1. The van der Waals surface area contributed by atoms with Crippen molar-refractivity contribution in [3.63, 3.8) is 0 Å². The van der Waals surface area contributed by atoms with Crippen LogP contribution in [0, 0.1) is 3.57 Å². The highest BCUT2D eigenvalue weighted by atomic mass is 127. The first-order valence-corrected chi connectivity index (χ1v) is 6.66. The number of urea groups is 1. The lowest BCUT2D eigenvalue weighted by atomic mass is 10.1. The van der Waals surface area contributed by atoms with Gasteiger partial charge in [-0.1, -0.05) is 12.1 Å². The number of likely N-dealkylation sites (tertiary alicyclic amines) is 1. The van der Waals surface area contributed by atoms with Crippen molar-refractivity contribution in [2.75, 3.05) is 18.4 Å². The third-order valence-corrected chi connectivity index (χ3v) is 3.70. The fourth-order valence-corrected chi connectivity index (χ4v) is 2.38. The maximum Gasteiger partial charge on any atom is 0.321 e. The summed E-state index contributed by atoms with van der Waals surface area (Å²) in [6.45, 7) is 1.77. The largest absolute Gasteiger partial charge is 0.325 e. The maximum absolute atomic E-state index is 11.9. The molecule has 0 aromatic heterocycles.